The van der Waals surface area contributed by atoms with Crippen molar-refractivity contribution in [1.82, 2.24) is 20.8 Å². The number of thioether (sulfide) groups is 1. The van der Waals surface area contributed by atoms with Crippen LogP contribution in [0.15, 0.2) is 28.6 Å². The van der Waals surface area contributed by atoms with Gasteiger partial charge in [0.05, 0.1) is 5.75 Å². The first kappa shape index (κ1) is 18.7. The Balaban J connectivity index is 1.41. The van der Waals surface area contributed by atoms with Gasteiger partial charge in [-0.1, -0.05) is 53.6 Å². The van der Waals surface area contributed by atoms with Crippen LogP contribution in [0.4, 0.5) is 15.6 Å². The molecule has 26 heavy (non-hydrogen) atoms. The van der Waals surface area contributed by atoms with Crippen molar-refractivity contribution in [2.45, 2.75) is 43.0 Å². The van der Waals surface area contributed by atoms with Gasteiger partial charge >= 0.3 is 6.03 Å². The summed E-state index contributed by atoms with van der Waals surface area (Å²) >= 11 is 2.63. The number of aromatic nitrogens is 2. The van der Waals surface area contributed by atoms with Gasteiger partial charge in [0.2, 0.25) is 11.0 Å². The van der Waals surface area contributed by atoms with Crippen molar-refractivity contribution in [2.24, 2.45) is 0 Å². The molecule has 3 rings (SSSR count). The highest BCUT2D eigenvalue weighted by molar-refractivity contribution is 8.01. The number of aryl methyl sites for hydroxylation is 1. The average molecular weight is 392 g/mol. The molecule has 1 heterocycles. The summed E-state index contributed by atoms with van der Waals surface area (Å²) < 4.78 is 0.672. The lowest BCUT2D eigenvalue weighted by Crippen LogP contribution is -2.44. The molecule has 0 saturated heterocycles. The number of hydrogen-bond donors (Lipinski definition) is 3. The van der Waals surface area contributed by atoms with Gasteiger partial charge in [-0.3, -0.25) is 10.1 Å². The largest absolute Gasteiger partial charge is 0.335 e. The fourth-order valence-corrected chi connectivity index (χ4v) is 4.23. The first-order chi connectivity index (χ1) is 12.6. The summed E-state index contributed by atoms with van der Waals surface area (Å²) in [5.41, 5.74) is 2.12. The summed E-state index contributed by atoms with van der Waals surface area (Å²) in [7, 11) is 0. The summed E-state index contributed by atoms with van der Waals surface area (Å²) in [5.74, 6) is -0.217. The highest BCUT2D eigenvalue weighted by atomic mass is 32.2. The molecule has 0 atom stereocenters. The lowest BCUT2D eigenvalue weighted by molar-refractivity contribution is -0.117. The van der Waals surface area contributed by atoms with Crippen molar-refractivity contribution in [1.29, 1.82) is 0 Å². The summed E-state index contributed by atoms with van der Waals surface area (Å²) in [6.07, 6.45) is 4.23. The van der Waals surface area contributed by atoms with E-state index in [2.05, 4.69) is 26.1 Å². The van der Waals surface area contributed by atoms with E-state index >= 15 is 0 Å². The second-order valence-electron chi connectivity index (χ2n) is 6.16. The zero-order valence-corrected chi connectivity index (χ0v) is 16.1. The molecule has 3 amide bonds. The SMILES string of the molecule is Cc1ccc(Nc2nnc(SCC(=O)NC(=O)NC3CCCC3)s2)cc1. The van der Waals surface area contributed by atoms with Crippen molar-refractivity contribution >= 4 is 45.9 Å². The van der Waals surface area contributed by atoms with Gasteiger partial charge in [0.15, 0.2) is 4.34 Å². The Labute approximate surface area is 160 Å². The third kappa shape index (κ3) is 5.70. The maximum Gasteiger partial charge on any atom is 0.321 e. The van der Waals surface area contributed by atoms with Crippen LogP contribution in [0, 0.1) is 6.92 Å². The normalized spacial score (nSPS) is 14.2. The van der Waals surface area contributed by atoms with E-state index in [1.54, 1.807) is 0 Å². The van der Waals surface area contributed by atoms with Crippen molar-refractivity contribution in [3.05, 3.63) is 29.8 Å². The number of rotatable bonds is 6. The number of urea groups is 1. The van der Waals surface area contributed by atoms with Gasteiger partial charge in [0.1, 0.15) is 0 Å². The van der Waals surface area contributed by atoms with E-state index in [4.69, 9.17) is 0 Å². The first-order valence-electron chi connectivity index (χ1n) is 8.49. The Bertz CT molecular complexity index is 757. The van der Waals surface area contributed by atoms with E-state index in [0.717, 1.165) is 31.4 Å². The maximum atomic E-state index is 11.9. The van der Waals surface area contributed by atoms with Gasteiger partial charge in [-0.05, 0) is 31.9 Å². The molecule has 1 fully saturated rings. The Morgan fingerprint density at radius 2 is 1.92 bits per heavy atom. The molecule has 0 spiro atoms. The molecule has 7 nitrogen and oxygen atoms in total. The quantitative estimate of drug-likeness (QED) is 0.653. The van der Waals surface area contributed by atoms with Crippen LogP contribution in [-0.4, -0.2) is 33.9 Å². The van der Waals surface area contributed by atoms with Crippen LogP contribution >= 0.6 is 23.1 Å². The molecule has 1 aliphatic carbocycles. The predicted octanol–water partition coefficient (Wildman–Crippen LogP) is 3.45. The summed E-state index contributed by atoms with van der Waals surface area (Å²) in [5, 5.41) is 17.1. The van der Waals surface area contributed by atoms with Crippen LogP contribution in [0.3, 0.4) is 0 Å². The molecule has 1 aliphatic rings. The average Bonchev–Trinajstić information content (AvgIpc) is 3.27. The van der Waals surface area contributed by atoms with Gasteiger partial charge < -0.3 is 10.6 Å². The van der Waals surface area contributed by atoms with Gasteiger partial charge in [-0.15, -0.1) is 10.2 Å². The number of amides is 3. The third-order valence-electron chi connectivity index (χ3n) is 3.98. The molecular formula is C17H21N5O2S2. The molecule has 0 radical (unpaired) electrons. The molecule has 2 aromatic rings. The second kappa shape index (κ2) is 9.00. The number of hydrogen-bond acceptors (Lipinski definition) is 7. The number of nitrogens with one attached hydrogen (secondary N) is 3. The van der Waals surface area contributed by atoms with Crippen molar-refractivity contribution in [3.8, 4) is 0 Å². The molecule has 0 unspecified atom stereocenters. The van der Waals surface area contributed by atoms with Gasteiger partial charge in [-0.25, -0.2) is 4.79 Å². The lowest BCUT2D eigenvalue weighted by Gasteiger charge is -2.11. The zero-order valence-electron chi connectivity index (χ0n) is 14.4. The van der Waals surface area contributed by atoms with Crippen LogP contribution in [0.25, 0.3) is 0 Å². The Morgan fingerprint density at radius 3 is 2.65 bits per heavy atom. The number of nitrogens with zero attached hydrogens (tertiary/aromatic N) is 2. The number of imide groups is 1. The predicted molar refractivity (Wildman–Crippen MR) is 104 cm³/mol. The highest BCUT2D eigenvalue weighted by Gasteiger charge is 2.18. The Kier molecular flexibility index (Phi) is 6.45. The topological polar surface area (TPSA) is 96.0 Å². The molecule has 0 aliphatic heterocycles. The fraction of sp³-hybridized carbons (Fsp3) is 0.412. The van der Waals surface area contributed by atoms with E-state index in [9.17, 15) is 9.59 Å². The van der Waals surface area contributed by atoms with Crippen molar-refractivity contribution in [2.75, 3.05) is 11.1 Å². The van der Waals surface area contributed by atoms with Crippen LogP contribution in [0.5, 0.6) is 0 Å². The van der Waals surface area contributed by atoms with E-state index in [1.165, 1.54) is 28.7 Å². The monoisotopic (exact) mass is 391 g/mol. The minimum absolute atomic E-state index is 0.122. The summed E-state index contributed by atoms with van der Waals surface area (Å²) in [4.78, 5) is 23.6. The number of carbonyl (C=O) groups is 2. The van der Waals surface area contributed by atoms with Crippen LogP contribution in [-0.2, 0) is 4.79 Å². The molecule has 0 bridgehead atoms. The van der Waals surface area contributed by atoms with Crippen LogP contribution < -0.4 is 16.0 Å². The fourth-order valence-electron chi connectivity index (χ4n) is 2.66. The van der Waals surface area contributed by atoms with E-state index < -0.39 is 6.03 Å². The first-order valence-corrected chi connectivity index (χ1v) is 10.3. The molecule has 9 heteroatoms. The molecular weight excluding hydrogens is 370 g/mol. The third-order valence-corrected chi connectivity index (χ3v) is 5.95. The minimum atomic E-state index is -0.415. The Hall–Kier alpha value is -2.13. The van der Waals surface area contributed by atoms with E-state index in [1.807, 2.05) is 31.2 Å². The maximum absolute atomic E-state index is 11.9. The van der Waals surface area contributed by atoms with Gasteiger partial charge in [-0.2, -0.15) is 0 Å². The molecule has 1 aromatic carbocycles. The zero-order chi connectivity index (χ0) is 18.4. The molecule has 3 N–H and O–H groups in total. The van der Waals surface area contributed by atoms with E-state index in [0.29, 0.717) is 9.47 Å². The lowest BCUT2D eigenvalue weighted by atomic mass is 10.2. The van der Waals surface area contributed by atoms with Crippen LogP contribution in [0.1, 0.15) is 31.2 Å². The number of carbonyl (C=O) groups excluding carboxylic acids is 2. The molecule has 1 aromatic heterocycles. The Morgan fingerprint density at radius 1 is 1.19 bits per heavy atom. The van der Waals surface area contributed by atoms with E-state index in [-0.39, 0.29) is 17.7 Å². The van der Waals surface area contributed by atoms with Crippen molar-refractivity contribution in [3.63, 3.8) is 0 Å². The molecule has 138 valence electrons. The van der Waals surface area contributed by atoms with Crippen molar-refractivity contribution < 1.29 is 9.59 Å². The summed E-state index contributed by atoms with van der Waals surface area (Å²) in [6, 6.07) is 7.75. The molecule has 1 saturated carbocycles. The standard InChI is InChI=1S/C17H21N5O2S2/c1-11-6-8-13(9-7-11)19-16-21-22-17(26-16)25-10-14(23)20-15(24)18-12-4-2-3-5-12/h6-9,12H,2-5,10H2,1H3,(H,19,21)(H2,18,20,23,24). The smallest absolute Gasteiger partial charge is 0.321 e. The number of benzene rings is 1. The van der Waals surface area contributed by atoms with Gasteiger partial charge in [0, 0.05) is 11.7 Å². The summed E-state index contributed by atoms with van der Waals surface area (Å²) in [6.45, 7) is 2.03. The highest BCUT2D eigenvalue weighted by Crippen LogP contribution is 2.27. The van der Waals surface area contributed by atoms with Crippen LogP contribution in [0.2, 0.25) is 0 Å². The van der Waals surface area contributed by atoms with Gasteiger partial charge in [0.25, 0.3) is 0 Å². The minimum Gasteiger partial charge on any atom is -0.335 e. The number of anilines is 2. The second-order valence-corrected chi connectivity index (χ2v) is 8.36.